The molecule has 20 heavy (non-hydrogen) atoms. The monoisotopic (exact) mass is 342 g/mol. The fraction of sp³-hybridized carbons (Fsp3) is 0.533. The average Bonchev–Trinajstić information content (AvgIpc) is 2.44. The Morgan fingerprint density at radius 2 is 2.35 bits per heavy atom. The molecular formula is C15H20BrFN2O. The van der Waals surface area contributed by atoms with E-state index in [-0.39, 0.29) is 17.1 Å². The average molecular weight is 343 g/mol. The number of piperidine rings is 1. The molecule has 1 aromatic carbocycles. The Morgan fingerprint density at radius 3 is 3.00 bits per heavy atom. The summed E-state index contributed by atoms with van der Waals surface area (Å²) in [7, 11) is 0. The van der Waals surface area contributed by atoms with Gasteiger partial charge in [-0.15, -0.1) is 0 Å². The molecule has 2 N–H and O–H groups in total. The second-order valence-electron chi connectivity index (χ2n) is 5.39. The second-order valence-corrected chi connectivity index (χ2v) is 6.24. The molecule has 0 aromatic heterocycles. The van der Waals surface area contributed by atoms with E-state index in [2.05, 4.69) is 33.5 Å². The highest BCUT2D eigenvalue weighted by atomic mass is 79.9. The predicted octanol–water partition coefficient (Wildman–Crippen LogP) is 3.70. The zero-order valence-electron chi connectivity index (χ0n) is 11.6. The van der Waals surface area contributed by atoms with Gasteiger partial charge in [0.1, 0.15) is 5.82 Å². The van der Waals surface area contributed by atoms with Crippen molar-refractivity contribution in [2.75, 3.05) is 18.4 Å². The van der Waals surface area contributed by atoms with Gasteiger partial charge in [-0.2, -0.15) is 0 Å². The lowest BCUT2D eigenvalue weighted by Crippen LogP contribution is -2.48. The van der Waals surface area contributed by atoms with Gasteiger partial charge in [0.25, 0.3) is 0 Å². The number of benzene rings is 1. The van der Waals surface area contributed by atoms with Crippen LogP contribution in [0.3, 0.4) is 0 Å². The van der Waals surface area contributed by atoms with E-state index in [0.29, 0.717) is 16.7 Å². The van der Waals surface area contributed by atoms with E-state index < -0.39 is 0 Å². The van der Waals surface area contributed by atoms with E-state index in [1.54, 1.807) is 6.07 Å². The fourth-order valence-electron chi connectivity index (χ4n) is 2.82. The first-order chi connectivity index (χ1) is 9.57. The van der Waals surface area contributed by atoms with Gasteiger partial charge in [-0.25, -0.2) is 4.39 Å². The number of anilines is 1. The van der Waals surface area contributed by atoms with Crippen LogP contribution in [0.25, 0.3) is 0 Å². The predicted molar refractivity (Wildman–Crippen MR) is 82.2 cm³/mol. The molecular weight excluding hydrogens is 323 g/mol. The van der Waals surface area contributed by atoms with Crippen molar-refractivity contribution in [2.45, 2.75) is 32.6 Å². The number of hydrogen-bond acceptors (Lipinski definition) is 2. The largest absolute Gasteiger partial charge is 0.324 e. The molecule has 2 rings (SSSR count). The Bertz CT molecular complexity index is 481. The van der Waals surface area contributed by atoms with Crippen LogP contribution in [0.15, 0.2) is 22.7 Å². The molecule has 1 heterocycles. The van der Waals surface area contributed by atoms with Crippen LogP contribution in [-0.4, -0.2) is 19.0 Å². The maximum absolute atomic E-state index is 13.3. The molecule has 110 valence electrons. The van der Waals surface area contributed by atoms with Gasteiger partial charge in [0.2, 0.25) is 5.91 Å². The van der Waals surface area contributed by atoms with Crippen LogP contribution in [0, 0.1) is 11.2 Å². The van der Waals surface area contributed by atoms with Crippen LogP contribution < -0.4 is 10.6 Å². The Kier molecular flexibility index (Phi) is 5.16. The Balaban J connectivity index is 2.18. The summed E-state index contributed by atoms with van der Waals surface area (Å²) >= 11 is 3.34. The van der Waals surface area contributed by atoms with Gasteiger partial charge in [0, 0.05) is 11.0 Å². The van der Waals surface area contributed by atoms with Crippen molar-refractivity contribution in [1.29, 1.82) is 0 Å². The second kappa shape index (κ2) is 6.68. The van der Waals surface area contributed by atoms with Crippen molar-refractivity contribution < 1.29 is 9.18 Å². The molecule has 1 amide bonds. The first-order valence-electron chi connectivity index (χ1n) is 7.04. The summed E-state index contributed by atoms with van der Waals surface area (Å²) in [6.45, 7) is 3.74. The lowest BCUT2D eigenvalue weighted by atomic mass is 9.76. The van der Waals surface area contributed by atoms with Crippen LogP contribution in [0.4, 0.5) is 10.1 Å². The van der Waals surface area contributed by atoms with Crippen molar-refractivity contribution >= 4 is 27.5 Å². The summed E-state index contributed by atoms with van der Waals surface area (Å²) in [6, 6.07) is 4.32. The van der Waals surface area contributed by atoms with Gasteiger partial charge in [-0.1, -0.05) is 13.3 Å². The van der Waals surface area contributed by atoms with E-state index in [1.165, 1.54) is 12.1 Å². The molecule has 1 aromatic rings. The van der Waals surface area contributed by atoms with Crippen molar-refractivity contribution in [1.82, 2.24) is 5.32 Å². The highest BCUT2D eigenvalue weighted by Gasteiger charge is 2.38. The molecule has 1 fully saturated rings. The van der Waals surface area contributed by atoms with Crippen LogP contribution in [0.5, 0.6) is 0 Å². The van der Waals surface area contributed by atoms with Crippen molar-refractivity contribution in [3.63, 3.8) is 0 Å². The van der Waals surface area contributed by atoms with E-state index in [1.807, 2.05) is 0 Å². The molecule has 0 bridgehead atoms. The topological polar surface area (TPSA) is 41.1 Å². The fourth-order valence-corrected chi connectivity index (χ4v) is 3.16. The molecule has 0 radical (unpaired) electrons. The number of carbonyl (C=O) groups excluding carboxylic acids is 1. The highest BCUT2D eigenvalue weighted by molar-refractivity contribution is 9.10. The van der Waals surface area contributed by atoms with Gasteiger partial charge < -0.3 is 10.6 Å². The molecule has 0 spiro atoms. The minimum Gasteiger partial charge on any atom is -0.324 e. The molecule has 0 saturated carbocycles. The third-order valence-electron chi connectivity index (χ3n) is 3.86. The minimum absolute atomic E-state index is 0.0159. The maximum Gasteiger partial charge on any atom is 0.231 e. The lowest BCUT2D eigenvalue weighted by molar-refractivity contribution is -0.127. The van der Waals surface area contributed by atoms with Gasteiger partial charge in [-0.3, -0.25) is 4.79 Å². The Hall–Kier alpha value is -0.940. The number of rotatable bonds is 4. The quantitative estimate of drug-likeness (QED) is 0.875. The lowest BCUT2D eigenvalue weighted by Gasteiger charge is -2.36. The van der Waals surface area contributed by atoms with Crippen LogP contribution >= 0.6 is 15.9 Å². The van der Waals surface area contributed by atoms with Gasteiger partial charge in [0.15, 0.2) is 0 Å². The zero-order chi connectivity index (χ0) is 14.6. The Morgan fingerprint density at radius 1 is 1.55 bits per heavy atom. The number of halogens is 2. The maximum atomic E-state index is 13.3. The third kappa shape index (κ3) is 3.38. The first-order valence-corrected chi connectivity index (χ1v) is 7.84. The number of nitrogens with one attached hydrogen (secondary N) is 2. The summed E-state index contributed by atoms with van der Waals surface area (Å²) in [4.78, 5) is 12.6. The van der Waals surface area contributed by atoms with Crippen molar-refractivity contribution in [2.24, 2.45) is 5.41 Å². The zero-order valence-corrected chi connectivity index (χ0v) is 13.2. The summed E-state index contributed by atoms with van der Waals surface area (Å²) in [5.41, 5.74) is 0.120. The molecule has 5 heteroatoms. The summed E-state index contributed by atoms with van der Waals surface area (Å²) < 4.78 is 14.0. The normalized spacial score (nSPS) is 22.6. The minimum atomic E-state index is -0.376. The van der Waals surface area contributed by atoms with Gasteiger partial charge in [0.05, 0.1) is 11.1 Å². The van der Waals surface area contributed by atoms with Crippen LogP contribution in [0.2, 0.25) is 0 Å². The van der Waals surface area contributed by atoms with E-state index in [0.717, 1.165) is 32.2 Å². The van der Waals surface area contributed by atoms with Gasteiger partial charge in [-0.05, 0) is 59.9 Å². The number of hydrogen-bond donors (Lipinski definition) is 2. The van der Waals surface area contributed by atoms with Gasteiger partial charge >= 0.3 is 0 Å². The smallest absolute Gasteiger partial charge is 0.231 e. The molecule has 0 aliphatic carbocycles. The molecule has 1 unspecified atom stereocenters. The summed E-state index contributed by atoms with van der Waals surface area (Å²) in [5.74, 6) is -0.368. The molecule has 1 atom stereocenters. The van der Waals surface area contributed by atoms with Crippen LogP contribution in [0.1, 0.15) is 32.6 Å². The summed E-state index contributed by atoms with van der Waals surface area (Å²) in [5, 5.41) is 6.19. The first kappa shape index (κ1) is 15.4. The van der Waals surface area contributed by atoms with E-state index in [9.17, 15) is 9.18 Å². The number of carbonyl (C=O) groups is 1. The van der Waals surface area contributed by atoms with E-state index in [4.69, 9.17) is 0 Å². The molecule has 1 aliphatic heterocycles. The van der Waals surface area contributed by atoms with Crippen LogP contribution in [-0.2, 0) is 4.79 Å². The Labute approximate surface area is 127 Å². The summed E-state index contributed by atoms with van der Waals surface area (Å²) in [6.07, 6.45) is 3.68. The highest BCUT2D eigenvalue weighted by Crippen LogP contribution is 2.34. The molecule has 1 saturated heterocycles. The van der Waals surface area contributed by atoms with Crippen molar-refractivity contribution in [3.8, 4) is 0 Å². The van der Waals surface area contributed by atoms with E-state index >= 15 is 0 Å². The third-order valence-corrected chi connectivity index (χ3v) is 4.55. The molecule has 1 aliphatic rings. The number of amides is 1. The standard InChI is InChI=1S/C15H20BrFN2O/c1-2-6-15(7-3-8-18-10-15)14(20)19-13-9-11(17)4-5-12(13)16/h4-5,9,18H,2-3,6-8,10H2,1H3,(H,19,20). The SMILES string of the molecule is CCCC1(C(=O)Nc2cc(F)ccc2Br)CCCNC1. The molecule has 3 nitrogen and oxygen atoms in total. The van der Waals surface area contributed by atoms with Crippen molar-refractivity contribution in [3.05, 3.63) is 28.5 Å².